The zero-order chi connectivity index (χ0) is 10.9. The predicted octanol–water partition coefficient (Wildman–Crippen LogP) is 3.61. The number of benzene rings is 1. The molecule has 1 atom stereocenters. The summed E-state index contributed by atoms with van der Waals surface area (Å²) in [6.45, 7) is 8.30. The van der Waals surface area contributed by atoms with E-state index in [-0.39, 0.29) is 6.04 Å². The van der Waals surface area contributed by atoms with Crippen LogP contribution in [0.15, 0.2) is 12.1 Å². The van der Waals surface area contributed by atoms with E-state index >= 15 is 0 Å². The van der Waals surface area contributed by atoms with Crippen molar-refractivity contribution >= 4 is 11.6 Å². The van der Waals surface area contributed by atoms with E-state index in [4.69, 9.17) is 17.3 Å². The fourth-order valence-corrected chi connectivity index (χ4v) is 1.67. The summed E-state index contributed by atoms with van der Waals surface area (Å²) in [5.74, 6) is 0.454. The van der Waals surface area contributed by atoms with Crippen LogP contribution in [0, 0.1) is 19.8 Å². The topological polar surface area (TPSA) is 26.0 Å². The van der Waals surface area contributed by atoms with E-state index in [2.05, 4.69) is 26.0 Å². The summed E-state index contributed by atoms with van der Waals surface area (Å²) in [5.41, 5.74) is 9.48. The van der Waals surface area contributed by atoms with Crippen molar-refractivity contribution in [2.45, 2.75) is 33.7 Å². The summed E-state index contributed by atoms with van der Waals surface area (Å²) >= 11 is 6.09. The Morgan fingerprint density at radius 1 is 1.14 bits per heavy atom. The van der Waals surface area contributed by atoms with Gasteiger partial charge in [-0.2, -0.15) is 0 Å². The van der Waals surface area contributed by atoms with Crippen molar-refractivity contribution in [3.8, 4) is 0 Å². The van der Waals surface area contributed by atoms with Crippen molar-refractivity contribution in [1.82, 2.24) is 0 Å². The van der Waals surface area contributed by atoms with Gasteiger partial charge in [-0.1, -0.05) is 37.6 Å². The maximum Gasteiger partial charge on any atom is 0.0464 e. The van der Waals surface area contributed by atoms with Crippen molar-refractivity contribution < 1.29 is 0 Å². The highest BCUT2D eigenvalue weighted by Crippen LogP contribution is 2.26. The largest absolute Gasteiger partial charge is 0.324 e. The summed E-state index contributed by atoms with van der Waals surface area (Å²) < 4.78 is 0. The van der Waals surface area contributed by atoms with E-state index in [1.165, 1.54) is 5.56 Å². The van der Waals surface area contributed by atoms with E-state index in [0.717, 1.165) is 16.1 Å². The van der Waals surface area contributed by atoms with Crippen LogP contribution in [0.4, 0.5) is 0 Å². The molecule has 14 heavy (non-hydrogen) atoms. The van der Waals surface area contributed by atoms with Crippen molar-refractivity contribution in [1.29, 1.82) is 0 Å². The molecule has 0 fully saturated rings. The molecule has 0 heterocycles. The second kappa shape index (κ2) is 4.33. The lowest BCUT2D eigenvalue weighted by Crippen LogP contribution is -2.17. The third kappa shape index (κ3) is 2.28. The zero-order valence-electron chi connectivity index (χ0n) is 9.26. The molecule has 0 amide bonds. The monoisotopic (exact) mass is 211 g/mol. The van der Waals surface area contributed by atoms with Gasteiger partial charge in [-0.3, -0.25) is 0 Å². The van der Waals surface area contributed by atoms with Crippen LogP contribution in [0.2, 0.25) is 5.02 Å². The molecule has 1 rings (SSSR count). The average Bonchev–Trinajstić information content (AvgIpc) is 2.12. The number of aryl methyl sites for hydroxylation is 2. The average molecular weight is 212 g/mol. The quantitative estimate of drug-likeness (QED) is 0.795. The molecule has 0 saturated heterocycles. The van der Waals surface area contributed by atoms with Gasteiger partial charge < -0.3 is 5.73 Å². The van der Waals surface area contributed by atoms with E-state index in [0.29, 0.717) is 5.92 Å². The zero-order valence-corrected chi connectivity index (χ0v) is 10.0. The summed E-state index contributed by atoms with van der Waals surface area (Å²) in [6.07, 6.45) is 0. The molecule has 0 saturated carbocycles. The lowest BCUT2D eigenvalue weighted by atomic mass is 9.94. The van der Waals surface area contributed by atoms with Gasteiger partial charge in [0.1, 0.15) is 0 Å². The Hall–Kier alpha value is -0.530. The first-order valence-electron chi connectivity index (χ1n) is 4.95. The summed E-state index contributed by atoms with van der Waals surface area (Å²) in [7, 11) is 0. The van der Waals surface area contributed by atoms with E-state index in [1.54, 1.807) is 0 Å². The Kier molecular flexibility index (Phi) is 3.57. The second-order valence-electron chi connectivity index (χ2n) is 4.24. The maximum absolute atomic E-state index is 6.09. The molecular formula is C12H18ClN. The summed E-state index contributed by atoms with van der Waals surface area (Å²) in [6, 6.07) is 4.27. The molecule has 0 aromatic heterocycles. The molecule has 0 aliphatic carbocycles. The lowest BCUT2D eigenvalue weighted by Gasteiger charge is -2.18. The van der Waals surface area contributed by atoms with E-state index in [1.807, 2.05) is 13.8 Å². The molecule has 1 unspecified atom stereocenters. The predicted molar refractivity (Wildman–Crippen MR) is 62.7 cm³/mol. The molecule has 2 heteroatoms. The molecule has 1 aromatic carbocycles. The Morgan fingerprint density at radius 3 is 1.93 bits per heavy atom. The Bertz CT molecular complexity index is 308. The van der Waals surface area contributed by atoms with Crippen molar-refractivity contribution in [2.75, 3.05) is 0 Å². The van der Waals surface area contributed by atoms with Gasteiger partial charge in [-0.05, 0) is 36.5 Å². The van der Waals surface area contributed by atoms with Gasteiger partial charge in [0, 0.05) is 11.1 Å². The number of hydrogen-bond acceptors (Lipinski definition) is 1. The van der Waals surface area contributed by atoms with Crippen molar-refractivity contribution in [2.24, 2.45) is 11.7 Å². The van der Waals surface area contributed by atoms with Gasteiger partial charge in [-0.25, -0.2) is 0 Å². The van der Waals surface area contributed by atoms with E-state index in [9.17, 15) is 0 Å². The molecule has 0 radical (unpaired) electrons. The normalized spacial score (nSPS) is 13.4. The molecule has 0 spiro atoms. The molecule has 0 aliphatic rings. The van der Waals surface area contributed by atoms with Crippen LogP contribution in [0.1, 0.15) is 36.6 Å². The first kappa shape index (κ1) is 11.5. The molecule has 2 N–H and O–H groups in total. The third-order valence-corrected chi connectivity index (χ3v) is 3.16. The van der Waals surface area contributed by atoms with Gasteiger partial charge in [0.2, 0.25) is 0 Å². The summed E-state index contributed by atoms with van der Waals surface area (Å²) in [5, 5.41) is 0.852. The van der Waals surface area contributed by atoms with Gasteiger partial charge in [0.25, 0.3) is 0 Å². The fourth-order valence-electron chi connectivity index (χ4n) is 1.56. The number of hydrogen-bond donors (Lipinski definition) is 1. The van der Waals surface area contributed by atoms with E-state index < -0.39 is 0 Å². The first-order valence-corrected chi connectivity index (χ1v) is 5.33. The SMILES string of the molecule is Cc1cc(C(N)C(C)C)cc(C)c1Cl. The van der Waals surface area contributed by atoms with Crippen molar-refractivity contribution in [3.05, 3.63) is 33.8 Å². The smallest absolute Gasteiger partial charge is 0.0464 e. The van der Waals surface area contributed by atoms with Crippen LogP contribution in [-0.2, 0) is 0 Å². The first-order chi connectivity index (χ1) is 6.43. The highest BCUT2D eigenvalue weighted by atomic mass is 35.5. The van der Waals surface area contributed by atoms with Crippen LogP contribution in [0.3, 0.4) is 0 Å². The summed E-state index contributed by atoms with van der Waals surface area (Å²) in [4.78, 5) is 0. The van der Waals surface area contributed by atoms with Crippen molar-refractivity contribution in [3.63, 3.8) is 0 Å². The fraction of sp³-hybridized carbons (Fsp3) is 0.500. The number of nitrogens with two attached hydrogens (primary N) is 1. The minimum absolute atomic E-state index is 0.102. The molecule has 78 valence electrons. The Labute approximate surface area is 91.3 Å². The molecule has 0 aliphatic heterocycles. The molecule has 1 nitrogen and oxygen atoms in total. The highest BCUT2D eigenvalue weighted by molar-refractivity contribution is 6.32. The standard InChI is InChI=1S/C12H18ClN/c1-7(2)12(14)10-5-8(3)11(13)9(4)6-10/h5-7,12H,14H2,1-4H3. The van der Waals surface area contributed by atoms with Crippen LogP contribution in [-0.4, -0.2) is 0 Å². The number of rotatable bonds is 2. The molecule has 0 bridgehead atoms. The Morgan fingerprint density at radius 2 is 1.57 bits per heavy atom. The lowest BCUT2D eigenvalue weighted by molar-refractivity contribution is 0.514. The minimum atomic E-state index is 0.102. The minimum Gasteiger partial charge on any atom is -0.324 e. The highest BCUT2D eigenvalue weighted by Gasteiger charge is 2.12. The van der Waals surface area contributed by atoms with Crippen LogP contribution in [0.25, 0.3) is 0 Å². The second-order valence-corrected chi connectivity index (χ2v) is 4.62. The van der Waals surface area contributed by atoms with Gasteiger partial charge in [0.05, 0.1) is 0 Å². The van der Waals surface area contributed by atoms with Gasteiger partial charge in [-0.15, -0.1) is 0 Å². The Balaban J connectivity index is 3.12. The van der Waals surface area contributed by atoms with Crippen LogP contribution < -0.4 is 5.73 Å². The third-order valence-electron chi connectivity index (χ3n) is 2.56. The van der Waals surface area contributed by atoms with Crippen LogP contribution in [0.5, 0.6) is 0 Å². The maximum atomic E-state index is 6.09. The molecular weight excluding hydrogens is 194 g/mol. The van der Waals surface area contributed by atoms with Gasteiger partial charge >= 0.3 is 0 Å². The number of halogens is 1. The van der Waals surface area contributed by atoms with Gasteiger partial charge in [0.15, 0.2) is 0 Å². The molecule has 1 aromatic rings. The van der Waals surface area contributed by atoms with Crippen LogP contribution >= 0.6 is 11.6 Å².